The number of aliphatic imine (C=N–C) groups is 1. The smallest absolute Gasteiger partial charge is 0.190 e. The molecule has 126 valence electrons. The van der Waals surface area contributed by atoms with Crippen LogP contribution >= 0.6 is 24.0 Å². The van der Waals surface area contributed by atoms with E-state index in [-0.39, 0.29) is 24.0 Å². The molecule has 0 amide bonds. The molecule has 1 heterocycles. The van der Waals surface area contributed by atoms with E-state index in [4.69, 9.17) is 9.47 Å². The molecule has 0 atom stereocenters. The largest absolute Gasteiger partial charge is 0.385 e. The lowest BCUT2D eigenvalue weighted by Crippen LogP contribution is -2.39. The van der Waals surface area contributed by atoms with Gasteiger partial charge in [-0.25, -0.2) is 0 Å². The lowest BCUT2D eigenvalue weighted by atomic mass is 10.3. The fourth-order valence-electron chi connectivity index (χ4n) is 2.14. The van der Waals surface area contributed by atoms with Gasteiger partial charge >= 0.3 is 0 Å². The number of guanidine groups is 1. The quantitative estimate of drug-likeness (QED) is 0.254. The van der Waals surface area contributed by atoms with Crippen LogP contribution in [0.15, 0.2) is 4.99 Å². The zero-order chi connectivity index (χ0) is 14.5. The van der Waals surface area contributed by atoms with Gasteiger partial charge in [0.15, 0.2) is 5.96 Å². The monoisotopic (exact) mass is 414 g/mol. The molecule has 1 rings (SSSR count). The molecular formula is C14H31IN4O2. The number of morpholine rings is 1. The van der Waals surface area contributed by atoms with E-state index in [0.717, 1.165) is 64.8 Å². The Balaban J connectivity index is 0.00000400. The summed E-state index contributed by atoms with van der Waals surface area (Å²) in [6.45, 7) is 7.74. The van der Waals surface area contributed by atoms with Crippen molar-refractivity contribution in [1.29, 1.82) is 0 Å². The zero-order valence-electron chi connectivity index (χ0n) is 13.4. The first kappa shape index (κ1) is 20.9. The third-order valence-electron chi connectivity index (χ3n) is 3.34. The molecule has 0 unspecified atom stereocenters. The first-order chi connectivity index (χ1) is 9.86. The number of methoxy groups -OCH3 is 1. The SMILES string of the molecule is CN=C(NCCCCN1CCOCC1)NCCCOC.I. The minimum Gasteiger partial charge on any atom is -0.385 e. The van der Waals surface area contributed by atoms with E-state index >= 15 is 0 Å². The van der Waals surface area contributed by atoms with Gasteiger partial charge in [-0.1, -0.05) is 0 Å². The predicted octanol–water partition coefficient (Wildman–Crippen LogP) is 0.918. The van der Waals surface area contributed by atoms with E-state index < -0.39 is 0 Å². The highest BCUT2D eigenvalue weighted by Gasteiger charge is 2.08. The van der Waals surface area contributed by atoms with E-state index in [1.165, 1.54) is 13.0 Å². The van der Waals surface area contributed by atoms with Crippen LogP contribution in [0, 0.1) is 0 Å². The molecule has 0 saturated carbocycles. The van der Waals surface area contributed by atoms with E-state index in [2.05, 4.69) is 20.5 Å². The van der Waals surface area contributed by atoms with Crippen LogP contribution in [0.2, 0.25) is 0 Å². The summed E-state index contributed by atoms with van der Waals surface area (Å²) in [7, 11) is 3.53. The highest BCUT2D eigenvalue weighted by Crippen LogP contribution is 1.99. The molecule has 6 nitrogen and oxygen atoms in total. The molecule has 1 aliphatic heterocycles. The van der Waals surface area contributed by atoms with Gasteiger partial charge in [0.2, 0.25) is 0 Å². The van der Waals surface area contributed by atoms with Gasteiger partial charge in [-0.05, 0) is 25.8 Å². The lowest BCUT2D eigenvalue weighted by molar-refractivity contribution is 0.0372. The fraction of sp³-hybridized carbons (Fsp3) is 0.929. The first-order valence-electron chi connectivity index (χ1n) is 7.60. The molecule has 1 aliphatic rings. The minimum atomic E-state index is 0. The molecule has 0 radical (unpaired) electrons. The number of ether oxygens (including phenoxy) is 2. The topological polar surface area (TPSA) is 58.1 Å². The second-order valence-corrected chi connectivity index (χ2v) is 4.93. The number of rotatable bonds is 9. The number of unbranched alkanes of at least 4 members (excludes halogenated alkanes) is 1. The third-order valence-corrected chi connectivity index (χ3v) is 3.34. The van der Waals surface area contributed by atoms with Crippen molar-refractivity contribution in [2.24, 2.45) is 4.99 Å². The van der Waals surface area contributed by atoms with Crippen molar-refractivity contribution in [2.45, 2.75) is 19.3 Å². The molecule has 1 fully saturated rings. The van der Waals surface area contributed by atoms with Crippen LogP contribution in [0.5, 0.6) is 0 Å². The van der Waals surface area contributed by atoms with Crippen molar-refractivity contribution in [1.82, 2.24) is 15.5 Å². The highest BCUT2D eigenvalue weighted by atomic mass is 127. The second kappa shape index (κ2) is 14.8. The minimum absolute atomic E-state index is 0. The number of halogens is 1. The number of hydrogen-bond donors (Lipinski definition) is 2. The molecule has 21 heavy (non-hydrogen) atoms. The summed E-state index contributed by atoms with van der Waals surface area (Å²) >= 11 is 0. The zero-order valence-corrected chi connectivity index (χ0v) is 15.7. The maximum Gasteiger partial charge on any atom is 0.190 e. The van der Waals surface area contributed by atoms with Crippen molar-refractivity contribution in [3.8, 4) is 0 Å². The van der Waals surface area contributed by atoms with Gasteiger partial charge in [0.05, 0.1) is 13.2 Å². The number of hydrogen-bond acceptors (Lipinski definition) is 4. The predicted molar refractivity (Wildman–Crippen MR) is 97.8 cm³/mol. The van der Waals surface area contributed by atoms with Crippen molar-refractivity contribution < 1.29 is 9.47 Å². The van der Waals surface area contributed by atoms with E-state index in [1.807, 2.05) is 0 Å². The van der Waals surface area contributed by atoms with Gasteiger partial charge in [0, 0.05) is 46.9 Å². The van der Waals surface area contributed by atoms with Crippen LogP contribution in [-0.2, 0) is 9.47 Å². The first-order valence-corrected chi connectivity index (χ1v) is 7.60. The molecule has 7 heteroatoms. The molecule has 0 aromatic carbocycles. The van der Waals surface area contributed by atoms with Gasteiger partial charge in [-0.2, -0.15) is 0 Å². The Morgan fingerprint density at radius 1 is 1.14 bits per heavy atom. The van der Waals surface area contributed by atoms with Gasteiger partial charge < -0.3 is 20.1 Å². The summed E-state index contributed by atoms with van der Waals surface area (Å²) in [5, 5.41) is 6.62. The Morgan fingerprint density at radius 2 is 1.81 bits per heavy atom. The third kappa shape index (κ3) is 11.1. The Bertz CT molecular complexity index is 261. The average Bonchev–Trinajstić information content (AvgIpc) is 2.50. The second-order valence-electron chi connectivity index (χ2n) is 4.93. The summed E-state index contributed by atoms with van der Waals surface area (Å²) in [6.07, 6.45) is 3.37. The van der Waals surface area contributed by atoms with E-state index in [0.29, 0.717) is 0 Å². The molecule has 2 N–H and O–H groups in total. The molecular weight excluding hydrogens is 383 g/mol. The van der Waals surface area contributed by atoms with Gasteiger partial charge in [-0.3, -0.25) is 9.89 Å². The maximum atomic E-state index is 5.34. The summed E-state index contributed by atoms with van der Waals surface area (Å²) in [4.78, 5) is 6.67. The van der Waals surface area contributed by atoms with Crippen LogP contribution in [0.3, 0.4) is 0 Å². The number of nitrogens with zero attached hydrogens (tertiary/aromatic N) is 2. The molecule has 0 bridgehead atoms. The Labute approximate surface area is 146 Å². The van der Waals surface area contributed by atoms with Gasteiger partial charge in [0.1, 0.15) is 0 Å². The van der Waals surface area contributed by atoms with Crippen molar-refractivity contribution in [3.63, 3.8) is 0 Å². The summed E-state index contributed by atoms with van der Waals surface area (Å²) in [5.41, 5.74) is 0. The lowest BCUT2D eigenvalue weighted by Gasteiger charge is -2.26. The van der Waals surface area contributed by atoms with E-state index in [1.54, 1.807) is 14.2 Å². The average molecular weight is 414 g/mol. The molecule has 0 spiro atoms. The van der Waals surface area contributed by atoms with Crippen LogP contribution in [0.1, 0.15) is 19.3 Å². The van der Waals surface area contributed by atoms with Crippen LogP contribution < -0.4 is 10.6 Å². The van der Waals surface area contributed by atoms with E-state index in [9.17, 15) is 0 Å². The van der Waals surface area contributed by atoms with Crippen LogP contribution in [0.4, 0.5) is 0 Å². The standard InChI is InChI=1S/C14H30N4O2.HI/c1-15-14(17-7-5-11-19-2)16-6-3-4-8-18-9-12-20-13-10-18;/h3-13H2,1-2H3,(H2,15,16,17);1H. The molecule has 0 aromatic heterocycles. The van der Waals surface area contributed by atoms with Crippen LogP contribution in [-0.4, -0.2) is 77.6 Å². The Hall–Kier alpha value is -0.120. The Morgan fingerprint density at radius 3 is 2.43 bits per heavy atom. The van der Waals surface area contributed by atoms with Crippen molar-refractivity contribution >= 4 is 29.9 Å². The summed E-state index contributed by atoms with van der Waals surface area (Å²) in [6, 6.07) is 0. The Kier molecular flexibility index (Phi) is 14.7. The number of nitrogens with one attached hydrogen (secondary N) is 2. The van der Waals surface area contributed by atoms with Crippen LogP contribution in [0.25, 0.3) is 0 Å². The maximum absolute atomic E-state index is 5.34. The van der Waals surface area contributed by atoms with Crippen molar-refractivity contribution in [2.75, 3.05) is 66.7 Å². The fourth-order valence-corrected chi connectivity index (χ4v) is 2.14. The molecule has 0 aromatic rings. The molecule has 1 saturated heterocycles. The van der Waals surface area contributed by atoms with Gasteiger partial charge in [-0.15, -0.1) is 24.0 Å². The molecule has 0 aliphatic carbocycles. The summed E-state index contributed by atoms with van der Waals surface area (Å²) < 4.78 is 10.4. The van der Waals surface area contributed by atoms with Crippen molar-refractivity contribution in [3.05, 3.63) is 0 Å². The normalized spacial score (nSPS) is 16.4. The summed E-state index contributed by atoms with van der Waals surface area (Å²) in [5.74, 6) is 0.882. The highest BCUT2D eigenvalue weighted by molar-refractivity contribution is 14.0. The van der Waals surface area contributed by atoms with Gasteiger partial charge in [0.25, 0.3) is 0 Å².